The third-order valence-electron chi connectivity index (χ3n) is 5.07. The number of amides is 2. The SMILES string of the molecule is CCCN(CC(=O)Nc1ccccc1C)Cc1cc(=O)oc2cc(NC(=O)OCC)ccc12. The average Bonchev–Trinajstić information content (AvgIpc) is 2.75. The first-order chi connectivity index (χ1) is 15.9. The lowest BCUT2D eigenvalue weighted by Gasteiger charge is -2.22. The Morgan fingerprint density at radius 1 is 1.06 bits per heavy atom. The molecule has 3 aromatic rings. The van der Waals surface area contributed by atoms with Gasteiger partial charge < -0.3 is 14.5 Å². The smallest absolute Gasteiger partial charge is 0.411 e. The van der Waals surface area contributed by atoms with E-state index in [2.05, 4.69) is 10.6 Å². The Kier molecular flexibility index (Phi) is 8.21. The van der Waals surface area contributed by atoms with Gasteiger partial charge in [0.25, 0.3) is 0 Å². The van der Waals surface area contributed by atoms with E-state index in [-0.39, 0.29) is 19.1 Å². The number of nitrogens with zero attached hydrogens (tertiary/aromatic N) is 1. The van der Waals surface area contributed by atoms with Crippen LogP contribution in [0.15, 0.2) is 57.7 Å². The van der Waals surface area contributed by atoms with Crippen molar-refractivity contribution in [3.63, 3.8) is 0 Å². The third kappa shape index (κ3) is 6.66. The van der Waals surface area contributed by atoms with Gasteiger partial charge in [-0.2, -0.15) is 0 Å². The number of carbonyl (C=O) groups is 2. The zero-order valence-corrected chi connectivity index (χ0v) is 19.1. The van der Waals surface area contributed by atoms with Crippen LogP contribution in [0.2, 0.25) is 0 Å². The highest BCUT2D eigenvalue weighted by molar-refractivity contribution is 5.93. The molecule has 0 radical (unpaired) electrons. The Morgan fingerprint density at radius 3 is 2.58 bits per heavy atom. The molecule has 8 heteroatoms. The maximum Gasteiger partial charge on any atom is 0.411 e. The van der Waals surface area contributed by atoms with E-state index < -0.39 is 11.7 Å². The standard InChI is InChI=1S/C25H29N3O5/c1-4-12-28(16-23(29)27-21-9-7-6-8-17(21)3)15-18-13-24(30)33-22-14-19(10-11-20(18)22)26-25(31)32-5-2/h6-11,13-14H,4-5,12,15-16H2,1-3H3,(H,26,31)(H,27,29). The van der Waals surface area contributed by atoms with Crippen molar-refractivity contribution < 1.29 is 18.7 Å². The van der Waals surface area contributed by atoms with Gasteiger partial charge in [0.1, 0.15) is 5.58 Å². The van der Waals surface area contributed by atoms with E-state index in [1.165, 1.54) is 6.07 Å². The molecule has 1 heterocycles. The molecule has 8 nitrogen and oxygen atoms in total. The van der Waals surface area contributed by atoms with E-state index in [1.807, 2.05) is 43.0 Å². The fraction of sp³-hybridized carbons (Fsp3) is 0.320. The number of fused-ring (bicyclic) bond motifs is 1. The molecule has 0 fully saturated rings. The lowest BCUT2D eigenvalue weighted by Crippen LogP contribution is -2.33. The maximum absolute atomic E-state index is 12.7. The van der Waals surface area contributed by atoms with Crippen LogP contribution >= 0.6 is 0 Å². The fourth-order valence-electron chi connectivity index (χ4n) is 3.60. The molecular formula is C25H29N3O5. The zero-order valence-electron chi connectivity index (χ0n) is 19.1. The van der Waals surface area contributed by atoms with Crippen LogP contribution in [0.25, 0.3) is 11.0 Å². The molecule has 0 bridgehead atoms. The molecular weight excluding hydrogens is 422 g/mol. The van der Waals surface area contributed by atoms with Gasteiger partial charge in [-0.3, -0.25) is 15.0 Å². The monoisotopic (exact) mass is 451 g/mol. The summed E-state index contributed by atoms with van der Waals surface area (Å²) in [5, 5.41) is 6.30. The van der Waals surface area contributed by atoms with Crippen molar-refractivity contribution in [3.8, 4) is 0 Å². The lowest BCUT2D eigenvalue weighted by atomic mass is 10.1. The van der Waals surface area contributed by atoms with Gasteiger partial charge >= 0.3 is 11.7 Å². The predicted octanol–water partition coefficient (Wildman–Crippen LogP) is 4.52. The summed E-state index contributed by atoms with van der Waals surface area (Å²) in [6, 6.07) is 14.2. The van der Waals surface area contributed by atoms with Crippen LogP contribution < -0.4 is 16.3 Å². The second-order valence-corrected chi connectivity index (χ2v) is 7.72. The summed E-state index contributed by atoms with van der Waals surface area (Å²) >= 11 is 0. The van der Waals surface area contributed by atoms with Gasteiger partial charge in [-0.25, -0.2) is 9.59 Å². The summed E-state index contributed by atoms with van der Waals surface area (Å²) in [4.78, 5) is 38.6. The molecule has 0 saturated heterocycles. The van der Waals surface area contributed by atoms with Gasteiger partial charge in [-0.1, -0.05) is 25.1 Å². The van der Waals surface area contributed by atoms with Crippen LogP contribution in [0.4, 0.5) is 16.2 Å². The number of rotatable bonds is 9. The lowest BCUT2D eigenvalue weighted by molar-refractivity contribution is -0.117. The number of hydrogen-bond acceptors (Lipinski definition) is 6. The predicted molar refractivity (Wildman–Crippen MR) is 129 cm³/mol. The molecule has 0 spiro atoms. The Bertz CT molecular complexity index is 1190. The Labute approximate surface area is 192 Å². The van der Waals surface area contributed by atoms with Crippen LogP contribution in [-0.4, -0.2) is 36.6 Å². The number of anilines is 2. The number of nitrogens with one attached hydrogen (secondary N) is 2. The van der Waals surface area contributed by atoms with Gasteiger partial charge in [0.05, 0.1) is 13.2 Å². The van der Waals surface area contributed by atoms with Crippen molar-refractivity contribution in [2.24, 2.45) is 0 Å². The van der Waals surface area contributed by atoms with Gasteiger partial charge in [0.2, 0.25) is 5.91 Å². The maximum atomic E-state index is 12.7. The van der Waals surface area contributed by atoms with E-state index in [1.54, 1.807) is 25.1 Å². The van der Waals surface area contributed by atoms with E-state index in [0.29, 0.717) is 24.4 Å². The molecule has 0 unspecified atom stereocenters. The molecule has 2 N–H and O–H groups in total. The van der Waals surface area contributed by atoms with Gasteiger partial charge in [-0.15, -0.1) is 0 Å². The molecule has 1 aromatic heterocycles. The van der Waals surface area contributed by atoms with Crippen LogP contribution in [-0.2, 0) is 16.1 Å². The molecule has 0 aliphatic rings. The van der Waals surface area contributed by atoms with Crippen molar-refractivity contribution in [1.29, 1.82) is 0 Å². The molecule has 0 aliphatic heterocycles. The Morgan fingerprint density at radius 2 is 1.85 bits per heavy atom. The largest absolute Gasteiger partial charge is 0.450 e. The Balaban J connectivity index is 1.79. The van der Waals surface area contributed by atoms with Crippen molar-refractivity contribution in [2.45, 2.75) is 33.7 Å². The van der Waals surface area contributed by atoms with E-state index >= 15 is 0 Å². The minimum absolute atomic E-state index is 0.119. The van der Waals surface area contributed by atoms with Crippen molar-refractivity contribution >= 4 is 34.3 Å². The summed E-state index contributed by atoms with van der Waals surface area (Å²) in [5.74, 6) is -0.119. The van der Waals surface area contributed by atoms with Gasteiger partial charge in [0, 0.05) is 35.4 Å². The van der Waals surface area contributed by atoms with Crippen LogP contribution in [0.5, 0.6) is 0 Å². The normalized spacial score (nSPS) is 10.9. The first-order valence-corrected chi connectivity index (χ1v) is 11.0. The van der Waals surface area contributed by atoms with E-state index in [9.17, 15) is 14.4 Å². The van der Waals surface area contributed by atoms with Crippen LogP contribution in [0.3, 0.4) is 0 Å². The number of hydrogen-bond donors (Lipinski definition) is 2. The molecule has 174 valence electrons. The number of benzene rings is 2. The first-order valence-electron chi connectivity index (χ1n) is 11.0. The zero-order chi connectivity index (χ0) is 23.8. The quantitative estimate of drug-likeness (QED) is 0.464. The van der Waals surface area contributed by atoms with Crippen molar-refractivity contribution in [3.05, 3.63) is 70.1 Å². The minimum atomic E-state index is -0.580. The molecule has 0 saturated carbocycles. The topological polar surface area (TPSA) is 101 Å². The van der Waals surface area contributed by atoms with Crippen molar-refractivity contribution in [1.82, 2.24) is 4.90 Å². The second-order valence-electron chi connectivity index (χ2n) is 7.72. The third-order valence-corrected chi connectivity index (χ3v) is 5.07. The molecule has 33 heavy (non-hydrogen) atoms. The summed E-state index contributed by atoms with van der Waals surface area (Å²) in [6.45, 7) is 7.23. The summed E-state index contributed by atoms with van der Waals surface area (Å²) in [5.41, 5.74) is 2.85. The molecule has 3 rings (SSSR count). The van der Waals surface area contributed by atoms with Crippen molar-refractivity contribution in [2.75, 3.05) is 30.3 Å². The van der Waals surface area contributed by atoms with Gasteiger partial charge in [0.15, 0.2) is 0 Å². The fourth-order valence-corrected chi connectivity index (χ4v) is 3.60. The number of carbonyl (C=O) groups excluding carboxylic acids is 2. The average molecular weight is 452 g/mol. The van der Waals surface area contributed by atoms with E-state index in [0.717, 1.165) is 28.6 Å². The second kappa shape index (κ2) is 11.3. The summed E-state index contributed by atoms with van der Waals surface area (Å²) < 4.78 is 10.2. The molecule has 0 atom stereocenters. The number of para-hydroxylation sites is 1. The Hall–Kier alpha value is -3.65. The number of ether oxygens (including phenoxy) is 1. The van der Waals surface area contributed by atoms with Crippen LogP contribution in [0.1, 0.15) is 31.4 Å². The highest BCUT2D eigenvalue weighted by Crippen LogP contribution is 2.23. The summed E-state index contributed by atoms with van der Waals surface area (Å²) in [6.07, 6.45) is 0.272. The summed E-state index contributed by atoms with van der Waals surface area (Å²) in [7, 11) is 0. The highest BCUT2D eigenvalue weighted by atomic mass is 16.5. The van der Waals surface area contributed by atoms with Gasteiger partial charge in [-0.05, 0) is 56.1 Å². The minimum Gasteiger partial charge on any atom is -0.450 e. The highest BCUT2D eigenvalue weighted by Gasteiger charge is 2.15. The molecule has 2 aromatic carbocycles. The molecule has 2 amide bonds. The molecule has 0 aliphatic carbocycles. The first kappa shape index (κ1) is 24.0. The number of aryl methyl sites for hydroxylation is 1. The van der Waals surface area contributed by atoms with Crippen LogP contribution in [0, 0.1) is 6.92 Å². The van der Waals surface area contributed by atoms with E-state index in [4.69, 9.17) is 9.15 Å².